The monoisotopic (exact) mass is 944 g/mol. The molecule has 13 aromatic rings. The van der Waals surface area contributed by atoms with Crippen LogP contribution in [0.25, 0.3) is 106 Å². The summed E-state index contributed by atoms with van der Waals surface area (Å²) in [6.45, 7) is 2.24. The molecule has 0 spiro atoms. The standard InChI is InChI=1S/C67H48N2S2/c1-40-14-2-6-19-47(40)48-20-7-5-15-42(48)30-32-46-18-12-23-49(53-24-13-25-54-50-21-8-10-26-61(50)70-66(53)54)59-37-41-28-29-43-31-33-52-58-38-44-16-3-4-17-45(44)39-60(58)69(64(52)57(43)36-41)65-56(63(59)68-46)35-34-55-51-22-9-11-27-62(51)71-67(55)65/h2-11,13-17,19-22,24-29,31,33-36,38-39,46H,12,18,23,30,32,37H2,1H3/b59-49+,68-63-. The van der Waals surface area contributed by atoms with Crippen LogP contribution < -0.4 is 0 Å². The van der Waals surface area contributed by atoms with Gasteiger partial charge in [-0.3, -0.25) is 4.99 Å². The number of aliphatic imine (C=N–C) groups is 1. The van der Waals surface area contributed by atoms with E-state index in [2.05, 4.69) is 206 Å². The molecule has 1 atom stereocenters. The van der Waals surface area contributed by atoms with Crippen molar-refractivity contribution in [1.82, 2.24) is 4.57 Å². The van der Waals surface area contributed by atoms with Crippen molar-refractivity contribution in [2.24, 2.45) is 4.99 Å². The molecular weight excluding hydrogens is 897 g/mol. The van der Waals surface area contributed by atoms with E-state index >= 15 is 0 Å². The summed E-state index contributed by atoms with van der Waals surface area (Å²) in [5.41, 5.74) is 17.0. The Morgan fingerprint density at radius 2 is 1.18 bits per heavy atom. The SMILES string of the molecule is Cc1ccccc1-c1ccccc1CCC1CCC/C(c2cccc3c2sc2ccccc23)=C2/Cc3ccc4ccc5c6cc7ccccc7cc6n(c5c4c3)-c3c(ccc4c3sc3ccccc34)/C2=N/1. The van der Waals surface area contributed by atoms with Gasteiger partial charge in [0, 0.05) is 57.4 Å². The smallest absolute Gasteiger partial charge is 0.0735 e. The Balaban J connectivity index is 1.06. The number of rotatable bonds is 5. The summed E-state index contributed by atoms with van der Waals surface area (Å²) >= 11 is 3.89. The Morgan fingerprint density at radius 1 is 0.507 bits per heavy atom. The molecule has 4 heteroatoms. The number of hydrogen-bond donors (Lipinski definition) is 0. The van der Waals surface area contributed by atoms with E-state index in [0.717, 1.165) is 44.2 Å². The number of aryl methyl sites for hydroxylation is 2. The molecule has 5 heterocycles. The molecule has 0 saturated heterocycles. The van der Waals surface area contributed by atoms with Crippen LogP contribution in [0.4, 0.5) is 0 Å². The molecule has 3 aromatic heterocycles. The normalized spacial score (nSPS) is 16.9. The van der Waals surface area contributed by atoms with E-state index in [0.29, 0.717) is 0 Å². The predicted octanol–water partition coefficient (Wildman–Crippen LogP) is 18.8. The zero-order chi connectivity index (χ0) is 46.7. The van der Waals surface area contributed by atoms with Crippen LogP contribution >= 0.6 is 22.7 Å². The van der Waals surface area contributed by atoms with Crippen molar-refractivity contribution in [3.05, 3.63) is 228 Å². The van der Waals surface area contributed by atoms with Crippen LogP contribution in [-0.4, -0.2) is 16.3 Å². The fourth-order valence-electron chi connectivity index (χ4n) is 12.5. The average Bonchev–Trinajstić information content (AvgIpc) is 4.09. The largest absolute Gasteiger partial charge is 0.306 e. The fraction of sp³-hybridized carbons (Fsp3) is 0.119. The Bertz CT molecular complexity index is 4440. The van der Waals surface area contributed by atoms with E-state index in [1.807, 2.05) is 22.7 Å². The fourth-order valence-corrected chi connectivity index (χ4v) is 15.0. The van der Waals surface area contributed by atoms with Crippen molar-refractivity contribution in [3.8, 4) is 16.8 Å². The first-order valence-electron chi connectivity index (χ1n) is 25.3. The molecule has 0 fully saturated rings. The first-order chi connectivity index (χ1) is 35.1. The van der Waals surface area contributed by atoms with Gasteiger partial charge in [-0.05, 0) is 143 Å². The summed E-state index contributed by atoms with van der Waals surface area (Å²) in [6.07, 6.45) is 5.80. The number of hydrogen-bond acceptors (Lipinski definition) is 3. The van der Waals surface area contributed by atoms with Crippen LogP contribution in [0.3, 0.4) is 0 Å². The highest BCUT2D eigenvalue weighted by Crippen LogP contribution is 2.48. The third-order valence-electron chi connectivity index (χ3n) is 15.9. The minimum atomic E-state index is 0.126. The molecule has 15 rings (SSSR count). The van der Waals surface area contributed by atoms with Crippen LogP contribution in [0.1, 0.15) is 53.5 Å². The second-order valence-electron chi connectivity index (χ2n) is 20.0. The Labute approximate surface area is 420 Å². The quantitative estimate of drug-likeness (QED) is 0.164. The maximum Gasteiger partial charge on any atom is 0.0735 e. The highest BCUT2D eigenvalue weighted by atomic mass is 32.1. The lowest BCUT2D eigenvalue weighted by atomic mass is 9.83. The van der Waals surface area contributed by atoms with Gasteiger partial charge in [-0.2, -0.15) is 0 Å². The van der Waals surface area contributed by atoms with Gasteiger partial charge < -0.3 is 4.57 Å². The van der Waals surface area contributed by atoms with Crippen LogP contribution in [0.5, 0.6) is 0 Å². The first kappa shape index (κ1) is 41.2. The Morgan fingerprint density at radius 3 is 2.03 bits per heavy atom. The van der Waals surface area contributed by atoms with E-state index in [1.165, 1.54) is 139 Å². The van der Waals surface area contributed by atoms with Crippen LogP contribution in [0.15, 0.2) is 205 Å². The molecule has 2 nitrogen and oxygen atoms in total. The van der Waals surface area contributed by atoms with E-state index in [-0.39, 0.29) is 6.04 Å². The summed E-state index contributed by atoms with van der Waals surface area (Å²) < 4.78 is 8.02. The van der Waals surface area contributed by atoms with E-state index in [9.17, 15) is 0 Å². The van der Waals surface area contributed by atoms with Crippen LogP contribution in [-0.2, 0) is 12.8 Å². The second-order valence-corrected chi connectivity index (χ2v) is 22.1. The van der Waals surface area contributed by atoms with Crippen molar-refractivity contribution in [1.29, 1.82) is 0 Å². The van der Waals surface area contributed by atoms with Gasteiger partial charge in [0.2, 0.25) is 0 Å². The summed E-state index contributed by atoms with van der Waals surface area (Å²) in [4.78, 5) is 6.29. The summed E-state index contributed by atoms with van der Waals surface area (Å²) in [5.74, 6) is 0. The third kappa shape index (κ3) is 6.47. The molecule has 2 bridgehead atoms. The zero-order valence-electron chi connectivity index (χ0n) is 39.5. The molecule has 338 valence electrons. The summed E-state index contributed by atoms with van der Waals surface area (Å²) in [5, 5.41) is 12.9. The van der Waals surface area contributed by atoms with Gasteiger partial charge in [-0.15, -0.1) is 22.7 Å². The molecule has 0 radical (unpaired) electrons. The van der Waals surface area contributed by atoms with Crippen molar-refractivity contribution in [3.63, 3.8) is 0 Å². The van der Waals surface area contributed by atoms with Gasteiger partial charge >= 0.3 is 0 Å². The maximum atomic E-state index is 6.29. The molecule has 10 aromatic carbocycles. The lowest BCUT2D eigenvalue weighted by Crippen LogP contribution is -2.20. The van der Waals surface area contributed by atoms with Crippen molar-refractivity contribution in [2.45, 2.75) is 51.5 Å². The number of thiophene rings is 2. The highest BCUT2D eigenvalue weighted by molar-refractivity contribution is 7.26. The minimum absolute atomic E-state index is 0.126. The zero-order valence-corrected chi connectivity index (χ0v) is 41.1. The average molecular weight is 945 g/mol. The third-order valence-corrected chi connectivity index (χ3v) is 18.3. The van der Waals surface area contributed by atoms with Crippen molar-refractivity contribution >= 4 is 118 Å². The van der Waals surface area contributed by atoms with E-state index in [1.54, 1.807) is 0 Å². The molecule has 0 N–H and O–H groups in total. The number of nitrogens with zero attached hydrogens (tertiary/aromatic N) is 2. The minimum Gasteiger partial charge on any atom is -0.306 e. The van der Waals surface area contributed by atoms with Crippen LogP contribution in [0, 0.1) is 6.92 Å². The predicted molar refractivity (Wildman–Crippen MR) is 308 cm³/mol. The summed E-state index contributed by atoms with van der Waals surface area (Å²) in [7, 11) is 0. The molecule has 1 unspecified atom stereocenters. The number of allylic oxidation sites excluding steroid dienone is 2. The topological polar surface area (TPSA) is 17.3 Å². The molecular formula is C67H48N2S2. The highest BCUT2D eigenvalue weighted by Gasteiger charge is 2.30. The lowest BCUT2D eigenvalue weighted by molar-refractivity contribution is 0.551. The first-order valence-corrected chi connectivity index (χ1v) is 26.9. The second kappa shape index (κ2) is 16.2. The number of aromatic nitrogens is 1. The van der Waals surface area contributed by atoms with E-state index in [4.69, 9.17) is 4.99 Å². The Kier molecular flexibility index (Phi) is 9.40. The molecule has 2 aliphatic heterocycles. The van der Waals surface area contributed by atoms with E-state index < -0.39 is 0 Å². The number of benzene rings is 10. The van der Waals surface area contributed by atoms with Gasteiger partial charge in [-0.25, -0.2) is 0 Å². The molecule has 0 aliphatic carbocycles. The van der Waals surface area contributed by atoms with Gasteiger partial charge in [0.1, 0.15) is 0 Å². The van der Waals surface area contributed by atoms with Gasteiger partial charge in [0.25, 0.3) is 0 Å². The van der Waals surface area contributed by atoms with Gasteiger partial charge in [0.15, 0.2) is 0 Å². The number of fused-ring (bicyclic) bond motifs is 16. The summed E-state index contributed by atoms with van der Waals surface area (Å²) in [6, 6.07) is 73.8. The van der Waals surface area contributed by atoms with Gasteiger partial charge in [-0.1, -0.05) is 158 Å². The molecule has 2 aliphatic rings. The molecule has 0 amide bonds. The molecule has 0 saturated carbocycles. The van der Waals surface area contributed by atoms with Crippen molar-refractivity contribution < 1.29 is 0 Å². The lowest BCUT2D eigenvalue weighted by Gasteiger charge is -2.27. The molecule has 71 heavy (non-hydrogen) atoms. The van der Waals surface area contributed by atoms with Gasteiger partial charge in [0.05, 0.1) is 33.2 Å². The van der Waals surface area contributed by atoms with Crippen molar-refractivity contribution in [2.75, 3.05) is 0 Å². The maximum absolute atomic E-state index is 6.29. The Hall–Kier alpha value is -7.63. The van der Waals surface area contributed by atoms with Crippen LogP contribution in [0.2, 0.25) is 0 Å².